The van der Waals surface area contributed by atoms with Gasteiger partial charge in [0.05, 0.1) is 18.9 Å². The van der Waals surface area contributed by atoms with Gasteiger partial charge in [-0.3, -0.25) is 4.79 Å². The molecule has 0 radical (unpaired) electrons. The van der Waals surface area contributed by atoms with Gasteiger partial charge >= 0.3 is 5.97 Å². The van der Waals surface area contributed by atoms with Crippen LogP contribution in [0.1, 0.15) is 16.8 Å². The third kappa shape index (κ3) is 6.85. The Balaban J connectivity index is 1.46. The molecule has 3 rings (SSSR count). The molecule has 7 heteroatoms. The summed E-state index contributed by atoms with van der Waals surface area (Å²) in [5, 5.41) is 2.42. The first-order valence-corrected chi connectivity index (χ1v) is 9.74. The van der Waals surface area contributed by atoms with E-state index in [-0.39, 0.29) is 30.2 Å². The van der Waals surface area contributed by atoms with Gasteiger partial charge in [0.15, 0.2) is 6.61 Å². The van der Waals surface area contributed by atoms with E-state index >= 15 is 0 Å². The summed E-state index contributed by atoms with van der Waals surface area (Å²) in [5.74, 6) is -0.704. The molecule has 1 amide bonds. The van der Waals surface area contributed by atoms with Gasteiger partial charge in [-0.05, 0) is 36.4 Å². The average Bonchev–Trinajstić information content (AvgIpc) is 2.80. The van der Waals surface area contributed by atoms with E-state index in [0.29, 0.717) is 13.0 Å². The Morgan fingerprint density at radius 3 is 2.32 bits per heavy atom. The van der Waals surface area contributed by atoms with Gasteiger partial charge in [0.1, 0.15) is 22.9 Å². The van der Waals surface area contributed by atoms with E-state index in [1.165, 1.54) is 18.2 Å². The molecule has 3 aromatic rings. The molecule has 0 spiro atoms. The minimum atomic E-state index is -0.565. The lowest BCUT2D eigenvalue weighted by atomic mass is 10.2. The smallest absolute Gasteiger partial charge is 0.341 e. The van der Waals surface area contributed by atoms with Gasteiger partial charge in [0.2, 0.25) is 0 Å². The highest BCUT2D eigenvalue weighted by molar-refractivity contribution is 5.94. The SMILES string of the molecule is O=C(COc1ccccc1C(=O)OCCCOc1ccccc1)Nc1ccccc1F. The fourth-order valence-electron chi connectivity index (χ4n) is 2.66. The normalized spacial score (nSPS) is 10.2. The first-order chi connectivity index (χ1) is 15.1. The molecule has 6 nitrogen and oxygen atoms in total. The molecule has 0 atom stereocenters. The second-order valence-corrected chi connectivity index (χ2v) is 6.46. The number of nitrogens with one attached hydrogen (secondary N) is 1. The van der Waals surface area contributed by atoms with Crippen molar-refractivity contribution in [3.8, 4) is 11.5 Å². The van der Waals surface area contributed by atoms with Crippen molar-refractivity contribution in [1.29, 1.82) is 0 Å². The summed E-state index contributed by atoms with van der Waals surface area (Å²) in [5.41, 5.74) is 0.256. The van der Waals surface area contributed by atoms with Crippen molar-refractivity contribution in [1.82, 2.24) is 0 Å². The highest BCUT2D eigenvalue weighted by Crippen LogP contribution is 2.19. The molecule has 0 saturated heterocycles. The standard InChI is InChI=1S/C24H22FNO5/c25-20-12-5-6-13-21(20)26-23(27)17-31-22-14-7-4-11-19(22)24(28)30-16-8-15-29-18-9-2-1-3-10-18/h1-7,9-14H,8,15-17H2,(H,26,27). The van der Waals surface area contributed by atoms with E-state index in [9.17, 15) is 14.0 Å². The van der Waals surface area contributed by atoms with Crippen LogP contribution in [0, 0.1) is 5.82 Å². The number of para-hydroxylation sites is 3. The second-order valence-electron chi connectivity index (χ2n) is 6.46. The van der Waals surface area contributed by atoms with Gasteiger partial charge in [0.25, 0.3) is 5.91 Å². The zero-order valence-corrected chi connectivity index (χ0v) is 16.8. The Labute approximate surface area is 179 Å². The van der Waals surface area contributed by atoms with E-state index in [4.69, 9.17) is 14.2 Å². The number of esters is 1. The third-order valence-corrected chi connectivity index (χ3v) is 4.15. The maximum Gasteiger partial charge on any atom is 0.341 e. The van der Waals surface area contributed by atoms with E-state index < -0.39 is 17.7 Å². The van der Waals surface area contributed by atoms with Crippen LogP contribution in [0.2, 0.25) is 0 Å². The molecule has 160 valence electrons. The number of hydrogen-bond acceptors (Lipinski definition) is 5. The lowest BCUT2D eigenvalue weighted by Crippen LogP contribution is -2.21. The number of halogens is 1. The molecule has 0 fully saturated rings. The third-order valence-electron chi connectivity index (χ3n) is 4.15. The van der Waals surface area contributed by atoms with Crippen molar-refractivity contribution in [3.05, 3.63) is 90.2 Å². The monoisotopic (exact) mass is 423 g/mol. The molecule has 0 aliphatic rings. The van der Waals surface area contributed by atoms with Crippen LogP contribution >= 0.6 is 0 Å². The van der Waals surface area contributed by atoms with Crippen LogP contribution in [0.15, 0.2) is 78.9 Å². The number of carbonyl (C=O) groups is 2. The van der Waals surface area contributed by atoms with Crippen LogP contribution in [-0.2, 0) is 9.53 Å². The molecular formula is C24H22FNO5. The van der Waals surface area contributed by atoms with Crippen LogP contribution < -0.4 is 14.8 Å². The highest BCUT2D eigenvalue weighted by atomic mass is 19.1. The molecule has 1 N–H and O–H groups in total. The van der Waals surface area contributed by atoms with Gasteiger partial charge in [-0.2, -0.15) is 0 Å². The fraction of sp³-hybridized carbons (Fsp3) is 0.167. The van der Waals surface area contributed by atoms with Crippen molar-refractivity contribution in [2.75, 3.05) is 25.1 Å². The number of hydrogen-bond donors (Lipinski definition) is 1. The Kier molecular flexibility index (Phi) is 7.99. The summed E-state index contributed by atoms with van der Waals surface area (Å²) in [6.07, 6.45) is 0.523. The van der Waals surface area contributed by atoms with Crippen molar-refractivity contribution in [3.63, 3.8) is 0 Å². The van der Waals surface area contributed by atoms with Gasteiger partial charge in [-0.1, -0.05) is 42.5 Å². The second kappa shape index (κ2) is 11.3. The number of anilines is 1. The van der Waals surface area contributed by atoms with Gasteiger partial charge in [0, 0.05) is 6.42 Å². The van der Waals surface area contributed by atoms with Crippen LogP contribution in [0.5, 0.6) is 11.5 Å². The molecular weight excluding hydrogens is 401 g/mol. The predicted molar refractivity (Wildman–Crippen MR) is 114 cm³/mol. The summed E-state index contributed by atoms with van der Waals surface area (Å²) in [4.78, 5) is 24.4. The number of benzene rings is 3. The summed E-state index contributed by atoms with van der Waals surface area (Å²) >= 11 is 0. The van der Waals surface area contributed by atoms with Crippen molar-refractivity contribution < 1.29 is 28.2 Å². The Morgan fingerprint density at radius 2 is 1.52 bits per heavy atom. The van der Waals surface area contributed by atoms with Crippen LogP contribution in [0.25, 0.3) is 0 Å². The summed E-state index contributed by atoms with van der Waals surface area (Å²) in [6, 6.07) is 21.6. The van der Waals surface area contributed by atoms with Crippen molar-refractivity contribution in [2.24, 2.45) is 0 Å². The highest BCUT2D eigenvalue weighted by Gasteiger charge is 2.15. The first-order valence-electron chi connectivity index (χ1n) is 9.74. The fourth-order valence-corrected chi connectivity index (χ4v) is 2.66. The molecule has 0 unspecified atom stereocenters. The van der Waals surface area contributed by atoms with Gasteiger partial charge < -0.3 is 19.5 Å². The first kappa shape index (κ1) is 21.8. The molecule has 0 aromatic heterocycles. The molecule has 3 aromatic carbocycles. The zero-order valence-electron chi connectivity index (χ0n) is 16.8. The Hall–Kier alpha value is -3.87. The van der Waals surface area contributed by atoms with E-state index in [1.54, 1.807) is 30.3 Å². The molecule has 0 heterocycles. The molecule has 0 aliphatic carbocycles. The predicted octanol–water partition coefficient (Wildman–Crippen LogP) is 4.47. The average molecular weight is 423 g/mol. The summed E-state index contributed by atoms with van der Waals surface area (Å²) in [6.45, 7) is 0.197. The summed E-state index contributed by atoms with van der Waals surface area (Å²) in [7, 11) is 0. The minimum Gasteiger partial charge on any atom is -0.493 e. The number of amides is 1. The lowest BCUT2D eigenvalue weighted by Gasteiger charge is -2.12. The van der Waals surface area contributed by atoms with E-state index in [1.807, 2.05) is 30.3 Å². The minimum absolute atomic E-state index is 0.0570. The van der Waals surface area contributed by atoms with Gasteiger partial charge in [-0.25, -0.2) is 9.18 Å². The summed E-state index contributed by atoms with van der Waals surface area (Å²) < 4.78 is 29.9. The molecule has 0 bridgehead atoms. The Bertz CT molecular complexity index is 1010. The maximum absolute atomic E-state index is 13.6. The van der Waals surface area contributed by atoms with Crippen LogP contribution in [-0.4, -0.2) is 31.7 Å². The number of ether oxygens (including phenoxy) is 3. The molecule has 31 heavy (non-hydrogen) atoms. The maximum atomic E-state index is 13.6. The lowest BCUT2D eigenvalue weighted by molar-refractivity contribution is -0.118. The molecule has 0 aliphatic heterocycles. The van der Waals surface area contributed by atoms with Crippen LogP contribution in [0.4, 0.5) is 10.1 Å². The van der Waals surface area contributed by atoms with Gasteiger partial charge in [-0.15, -0.1) is 0 Å². The largest absolute Gasteiger partial charge is 0.493 e. The zero-order chi connectivity index (χ0) is 21.9. The van der Waals surface area contributed by atoms with E-state index in [0.717, 1.165) is 5.75 Å². The van der Waals surface area contributed by atoms with Crippen molar-refractivity contribution in [2.45, 2.75) is 6.42 Å². The number of carbonyl (C=O) groups excluding carboxylic acids is 2. The van der Waals surface area contributed by atoms with E-state index in [2.05, 4.69) is 5.32 Å². The topological polar surface area (TPSA) is 73.9 Å². The molecule has 0 saturated carbocycles. The number of rotatable bonds is 10. The van der Waals surface area contributed by atoms with Crippen molar-refractivity contribution >= 4 is 17.6 Å². The quantitative estimate of drug-likeness (QED) is 0.385. The van der Waals surface area contributed by atoms with Crippen LogP contribution in [0.3, 0.4) is 0 Å². The Morgan fingerprint density at radius 1 is 0.806 bits per heavy atom.